The van der Waals surface area contributed by atoms with E-state index in [-0.39, 0.29) is 6.04 Å². The molecule has 182 valence electrons. The Morgan fingerprint density at radius 2 is 2.09 bits per heavy atom. The normalized spacial score (nSPS) is 18.5. The molecule has 2 atom stereocenters. The minimum atomic E-state index is -0.672. The number of amides is 2. The van der Waals surface area contributed by atoms with Crippen LogP contribution in [0.2, 0.25) is 0 Å². The minimum Gasteiger partial charge on any atom is -0.327 e. The van der Waals surface area contributed by atoms with Crippen molar-refractivity contribution in [2.24, 2.45) is 5.92 Å². The molecular weight excluding hydrogens is 462 g/mol. The van der Waals surface area contributed by atoms with Crippen LogP contribution in [0.25, 0.3) is 21.1 Å². The number of H-pyrrole nitrogens is 1. The Bertz CT molecular complexity index is 1380. The number of fused-ring (bicyclic) bond motifs is 2. The number of piperidine rings is 1. The van der Waals surface area contributed by atoms with Crippen molar-refractivity contribution in [3.05, 3.63) is 47.4 Å². The highest BCUT2D eigenvalue weighted by Crippen LogP contribution is 2.35. The Morgan fingerprint density at radius 1 is 1.23 bits per heavy atom. The van der Waals surface area contributed by atoms with Gasteiger partial charge in [0.2, 0.25) is 0 Å². The number of carbonyl (C=O) groups is 2. The fourth-order valence-corrected chi connectivity index (χ4v) is 5.55. The number of nitrogens with zero attached hydrogens (tertiary/aromatic N) is 5. The van der Waals surface area contributed by atoms with Crippen LogP contribution in [0.3, 0.4) is 0 Å². The van der Waals surface area contributed by atoms with Crippen LogP contribution in [0.4, 0.5) is 5.69 Å². The summed E-state index contributed by atoms with van der Waals surface area (Å²) < 4.78 is 1.14. The fourth-order valence-electron chi connectivity index (χ4n) is 4.62. The van der Waals surface area contributed by atoms with Gasteiger partial charge in [0.15, 0.2) is 0 Å². The van der Waals surface area contributed by atoms with Crippen molar-refractivity contribution in [1.82, 2.24) is 30.0 Å². The molecule has 0 bridgehead atoms. The predicted molar refractivity (Wildman–Crippen MR) is 137 cm³/mol. The number of anilines is 1. The zero-order chi connectivity index (χ0) is 24.5. The summed E-state index contributed by atoms with van der Waals surface area (Å²) in [6, 6.07) is 6.08. The third kappa shape index (κ3) is 4.89. The SMILES string of the molecule is C[C@H]1CC[C@H](c2ccc3sc(CCN(C)C)nc3c2)N(C(=O)C(=O)Nc2cncc3cn[nH]c23)C1. The molecule has 2 amide bonds. The number of aromatic amines is 1. The average molecular weight is 492 g/mol. The Hall–Kier alpha value is -3.37. The van der Waals surface area contributed by atoms with Crippen molar-refractivity contribution in [1.29, 1.82) is 0 Å². The summed E-state index contributed by atoms with van der Waals surface area (Å²) in [4.78, 5) is 39.2. The zero-order valence-corrected chi connectivity index (χ0v) is 20.9. The molecule has 1 aromatic carbocycles. The zero-order valence-electron chi connectivity index (χ0n) is 20.1. The van der Waals surface area contributed by atoms with Gasteiger partial charge >= 0.3 is 11.8 Å². The molecule has 0 saturated carbocycles. The molecule has 5 rings (SSSR count). The quantitative estimate of drug-likeness (QED) is 0.413. The van der Waals surface area contributed by atoms with Gasteiger partial charge in [-0.2, -0.15) is 5.10 Å². The number of nitrogens with one attached hydrogen (secondary N) is 2. The summed E-state index contributed by atoms with van der Waals surface area (Å²) in [5, 5.41) is 11.4. The fraction of sp³-hybridized carbons (Fsp3) is 0.400. The van der Waals surface area contributed by atoms with Crippen LogP contribution in [0, 0.1) is 5.92 Å². The van der Waals surface area contributed by atoms with Crippen molar-refractivity contribution in [3.63, 3.8) is 0 Å². The van der Waals surface area contributed by atoms with Gasteiger partial charge in [-0.1, -0.05) is 13.0 Å². The number of pyridine rings is 1. The first-order chi connectivity index (χ1) is 16.9. The number of hydrogen-bond donors (Lipinski definition) is 2. The summed E-state index contributed by atoms with van der Waals surface area (Å²) in [6.07, 6.45) is 7.51. The van der Waals surface area contributed by atoms with Crippen molar-refractivity contribution in [3.8, 4) is 0 Å². The second-order valence-corrected chi connectivity index (χ2v) is 10.6. The lowest BCUT2D eigenvalue weighted by atomic mass is 9.89. The maximum atomic E-state index is 13.4. The van der Waals surface area contributed by atoms with Gasteiger partial charge in [0.05, 0.1) is 44.9 Å². The molecule has 0 unspecified atom stereocenters. The number of likely N-dealkylation sites (N-methyl/N-ethyl adjacent to an activating group) is 1. The molecule has 3 aromatic heterocycles. The number of thiazole rings is 1. The summed E-state index contributed by atoms with van der Waals surface area (Å²) >= 11 is 1.71. The van der Waals surface area contributed by atoms with E-state index in [1.807, 2.05) is 0 Å². The van der Waals surface area contributed by atoms with E-state index in [4.69, 9.17) is 4.98 Å². The molecule has 0 aliphatic carbocycles. The van der Waals surface area contributed by atoms with Gasteiger partial charge in [-0.05, 0) is 50.6 Å². The monoisotopic (exact) mass is 491 g/mol. The molecule has 2 N–H and O–H groups in total. The summed E-state index contributed by atoms with van der Waals surface area (Å²) in [7, 11) is 4.12. The van der Waals surface area contributed by atoms with Crippen LogP contribution in [-0.2, 0) is 16.0 Å². The van der Waals surface area contributed by atoms with Gasteiger partial charge in [0.25, 0.3) is 0 Å². The third-order valence-corrected chi connectivity index (χ3v) is 7.59. The number of rotatable bonds is 5. The van der Waals surface area contributed by atoms with Gasteiger partial charge in [0.1, 0.15) is 0 Å². The van der Waals surface area contributed by atoms with Gasteiger partial charge in [-0.15, -0.1) is 11.3 Å². The van der Waals surface area contributed by atoms with Crippen molar-refractivity contribution in [2.75, 3.05) is 32.5 Å². The topological polar surface area (TPSA) is 107 Å². The van der Waals surface area contributed by atoms with E-state index in [2.05, 4.69) is 64.6 Å². The molecule has 0 spiro atoms. The first-order valence-corrected chi connectivity index (χ1v) is 12.6. The number of likely N-dealkylation sites (tertiary alicyclic amines) is 1. The highest BCUT2D eigenvalue weighted by molar-refractivity contribution is 7.18. The van der Waals surface area contributed by atoms with Gasteiger partial charge < -0.3 is 15.1 Å². The van der Waals surface area contributed by atoms with Gasteiger partial charge in [0, 0.05) is 31.1 Å². The Morgan fingerprint density at radius 3 is 2.91 bits per heavy atom. The molecule has 9 nitrogen and oxygen atoms in total. The molecule has 1 fully saturated rings. The van der Waals surface area contributed by atoms with E-state index < -0.39 is 11.8 Å². The highest BCUT2D eigenvalue weighted by Gasteiger charge is 2.34. The maximum absolute atomic E-state index is 13.4. The number of carbonyl (C=O) groups excluding carboxylic acids is 2. The third-order valence-electron chi connectivity index (χ3n) is 6.49. The number of benzene rings is 1. The lowest BCUT2D eigenvalue weighted by Gasteiger charge is -2.38. The molecule has 10 heteroatoms. The maximum Gasteiger partial charge on any atom is 0.314 e. The lowest BCUT2D eigenvalue weighted by Crippen LogP contribution is -2.46. The second kappa shape index (κ2) is 9.71. The molecule has 0 radical (unpaired) electrons. The first-order valence-electron chi connectivity index (χ1n) is 11.8. The van der Waals surface area contributed by atoms with Crippen LogP contribution in [0.15, 0.2) is 36.8 Å². The summed E-state index contributed by atoms with van der Waals surface area (Å²) in [5.41, 5.74) is 3.05. The van der Waals surface area contributed by atoms with E-state index in [9.17, 15) is 9.59 Å². The van der Waals surface area contributed by atoms with Gasteiger partial charge in [-0.3, -0.25) is 19.7 Å². The smallest absolute Gasteiger partial charge is 0.314 e. The van der Waals surface area contributed by atoms with Crippen molar-refractivity contribution >= 4 is 50.0 Å². The lowest BCUT2D eigenvalue weighted by molar-refractivity contribution is -0.146. The van der Waals surface area contributed by atoms with Crippen molar-refractivity contribution in [2.45, 2.75) is 32.2 Å². The van der Waals surface area contributed by atoms with E-state index in [1.54, 1.807) is 28.6 Å². The Balaban J connectivity index is 1.38. The van der Waals surface area contributed by atoms with Crippen LogP contribution in [0.1, 0.15) is 36.4 Å². The molecule has 4 aromatic rings. The predicted octanol–water partition coefficient (Wildman–Crippen LogP) is 3.61. The van der Waals surface area contributed by atoms with E-state index in [1.165, 1.54) is 6.20 Å². The molecule has 1 saturated heterocycles. The average Bonchev–Trinajstić information content (AvgIpc) is 3.49. The van der Waals surface area contributed by atoms with Crippen LogP contribution in [0.5, 0.6) is 0 Å². The summed E-state index contributed by atoms with van der Waals surface area (Å²) in [5.74, 6) is -0.891. The van der Waals surface area contributed by atoms with Crippen molar-refractivity contribution < 1.29 is 9.59 Å². The highest BCUT2D eigenvalue weighted by atomic mass is 32.1. The molecule has 4 heterocycles. The van der Waals surface area contributed by atoms with E-state index in [0.29, 0.717) is 23.7 Å². The van der Waals surface area contributed by atoms with E-state index >= 15 is 0 Å². The molecule has 1 aliphatic rings. The molecule has 1 aliphatic heterocycles. The number of hydrogen-bond acceptors (Lipinski definition) is 7. The minimum absolute atomic E-state index is 0.165. The van der Waals surface area contributed by atoms with Crippen LogP contribution < -0.4 is 5.32 Å². The Labute approximate surface area is 207 Å². The Kier molecular flexibility index (Phi) is 6.48. The second-order valence-electron chi connectivity index (χ2n) is 9.52. The standard InChI is InChI=1S/C25H29N7O2S/c1-15-4-6-20(16-5-7-21-18(10-16)28-22(35-21)8-9-31(2)3)32(14-15)25(34)24(33)29-19-13-26-11-17-12-27-30-23(17)19/h5,7,10-13,15,20H,4,6,8-9,14H2,1-3H3,(H,27,30)(H,29,33)/t15-,20+/m0/s1. The first kappa shape index (κ1) is 23.4. The molecule has 35 heavy (non-hydrogen) atoms. The van der Waals surface area contributed by atoms with Crippen LogP contribution in [-0.4, -0.2) is 69.0 Å². The summed E-state index contributed by atoms with van der Waals surface area (Å²) in [6.45, 7) is 3.60. The van der Waals surface area contributed by atoms with Crippen LogP contribution >= 0.6 is 11.3 Å². The molecular formula is C25H29N7O2S. The van der Waals surface area contributed by atoms with E-state index in [0.717, 1.165) is 52.0 Å². The largest absolute Gasteiger partial charge is 0.327 e. The van der Waals surface area contributed by atoms with Gasteiger partial charge in [-0.25, -0.2) is 4.98 Å². The number of aromatic nitrogens is 4.